The summed E-state index contributed by atoms with van der Waals surface area (Å²) in [6.07, 6.45) is 0.631. The van der Waals surface area contributed by atoms with Crippen molar-refractivity contribution < 1.29 is 18.0 Å². The Morgan fingerprint density at radius 1 is 1.18 bits per heavy atom. The maximum absolute atomic E-state index is 12.8. The first-order chi connectivity index (χ1) is 10.5. The molecule has 2 nitrogen and oxygen atoms in total. The van der Waals surface area contributed by atoms with Crippen LogP contribution in [0.4, 0.5) is 13.2 Å². The van der Waals surface area contributed by atoms with Crippen LogP contribution in [-0.2, 0) is 11.0 Å². The molecule has 1 fully saturated rings. The van der Waals surface area contributed by atoms with E-state index in [1.807, 2.05) is 0 Å². The predicted octanol–water partition coefficient (Wildman–Crippen LogP) is 3.75. The molecule has 0 saturated heterocycles. The second kappa shape index (κ2) is 7.35. The molecule has 5 heteroatoms. The SMILES string of the molecule is O=C(NCC#Cc1ccccc1C(F)(F)F)C1CCCCC1. The molecule has 1 aliphatic carbocycles. The number of carbonyl (C=O) groups is 1. The largest absolute Gasteiger partial charge is 0.417 e. The van der Waals surface area contributed by atoms with Crippen molar-refractivity contribution in [2.75, 3.05) is 6.54 Å². The number of nitrogens with one attached hydrogen (secondary N) is 1. The Morgan fingerprint density at radius 3 is 2.55 bits per heavy atom. The molecular formula is C17H18F3NO. The van der Waals surface area contributed by atoms with Crippen molar-refractivity contribution in [2.24, 2.45) is 5.92 Å². The summed E-state index contributed by atoms with van der Waals surface area (Å²) in [5, 5.41) is 2.69. The molecule has 2 rings (SSSR count). The van der Waals surface area contributed by atoms with Gasteiger partial charge in [-0.05, 0) is 25.0 Å². The third-order valence-corrected chi connectivity index (χ3v) is 3.78. The number of hydrogen-bond donors (Lipinski definition) is 1. The summed E-state index contributed by atoms with van der Waals surface area (Å²) in [5.41, 5.74) is -0.817. The summed E-state index contributed by atoms with van der Waals surface area (Å²) < 4.78 is 38.4. The lowest BCUT2D eigenvalue weighted by atomic mass is 9.89. The van der Waals surface area contributed by atoms with Crippen molar-refractivity contribution in [1.29, 1.82) is 0 Å². The topological polar surface area (TPSA) is 29.1 Å². The van der Waals surface area contributed by atoms with Crippen LogP contribution in [0.25, 0.3) is 0 Å². The van der Waals surface area contributed by atoms with E-state index in [0.717, 1.165) is 38.2 Å². The highest BCUT2D eigenvalue weighted by atomic mass is 19.4. The van der Waals surface area contributed by atoms with Gasteiger partial charge in [0.15, 0.2) is 0 Å². The smallest absolute Gasteiger partial charge is 0.345 e. The van der Waals surface area contributed by atoms with Crippen LogP contribution in [0.15, 0.2) is 24.3 Å². The summed E-state index contributed by atoms with van der Waals surface area (Å²) >= 11 is 0. The number of benzene rings is 1. The van der Waals surface area contributed by atoms with E-state index in [4.69, 9.17) is 0 Å². The zero-order valence-electron chi connectivity index (χ0n) is 12.2. The quantitative estimate of drug-likeness (QED) is 0.828. The number of carbonyl (C=O) groups excluding carboxylic acids is 1. The molecule has 0 radical (unpaired) electrons. The first-order valence-electron chi connectivity index (χ1n) is 7.41. The van der Waals surface area contributed by atoms with E-state index < -0.39 is 11.7 Å². The normalized spacial score (nSPS) is 15.8. The van der Waals surface area contributed by atoms with Crippen molar-refractivity contribution in [1.82, 2.24) is 5.32 Å². The van der Waals surface area contributed by atoms with Gasteiger partial charge >= 0.3 is 6.18 Å². The highest BCUT2D eigenvalue weighted by Gasteiger charge is 2.32. The van der Waals surface area contributed by atoms with E-state index in [1.165, 1.54) is 18.2 Å². The Hall–Kier alpha value is -1.96. The number of hydrogen-bond acceptors (Lipinski definition) is 1. The van der Waals surface area contributed by atoms with Gasteiger partial charge in [-0.2, -0.15) is 13.2 Å². The fourth-order valence-corrected chi connectivity index (χ4v) is 2.62. The Bertz CT molecular complexity index is 578. The van der Waals surface area contributed by atoms with Crippen LogP contribution in [-0.4, -0.2) is 12.5 Å². The van der Waals surface area contributed by atoms with Gasteiger partial charge in [0.2, 0.25) is 5.91 Å². The Balaban J connectivity index is 1.93. The number of amides is 1. The zero-order chi connectivity index (χ0) is 16.0. The summed E-state index contributed by atoms with van der Waals surface area (Å²) in [5.74, 6) is 5.08. The molecule has 0 spiro atoms. The van der Waals surface area contributed by atoms with Crippen molar-refractivity contribution in [3.05, 3.63) is 35.4 Å². The van der Waals surface area contributed by atoms with Crippen LogP contribution in [0.5, 0.6) is 0 Å². The highest BCUT2D eigenvalue weighted by molar-refractivity contribution is 5.78. The fraction of sp³-hybridized carbons (Fsp3) is 0.471. The summed E-state index contributed by atoms with van der Waals surface area (Å²) in [7, 11) is 0. The lowest BCUT2D eigenvalue weighted by Gasteiger charge is -2.19. The lowest BCUT2D eigenvalue weighted by Crippen LogP contribution is -2.32. The van der Waals surface area contributed by atoms with Gasteiger partial charge in [0, 0.05) is 11.5 Å². The second-order valence-electron chi connectivity index (χ2n) is 5.40. The van der Waals surface area contributed by atoms with Gasteiger partial charge in [-0.15, -0.1) is 0 Å². The standard InChI is InChI=1S/C17H18F3NO/c18-17(19,20)15-11-5-4-7-13(15)10-6-12-21-16(22)14-8-2-1-3-9-14/h4-5,7,11,14H,1-3,8-9,12H2,(H,21,22). The molecule has 1 N–H and O–H groups in total. The second-order valence-corrected chi connectivity index (χ2v) is 5.40. The van der Waals surface area contributed by atoms with Crippen LogP contribution in [0, 0.1) is 17.8 Å². The van der Waals surface area contributed by atoms with Gasteiger partial charge in [-0.1, -0.05) is 43.2 Å². The molecule has 0 heterocycles. The summed E-state index contributed by atoms with van der Waals surface area (Å²) in [6.45, 7) is 0.0710. The molecule has 1 aromatic carbocycles. The maximum atomic E-state index is 12.8. The van der Waals surface area contributed by atoms with Crippen molar-refractivity contribution in [3.8, 4) is 11.8 Å². The summed E-state index contributed by atoms with van der Waals surface area (Å²) in [4.78, 5) is 11.9. The van der Waals surface area contributed by atoms with E-state index in [0.29, 0.717) is 0 Å². The minimum absolute atomic E-state index is 0.0259. The van der Waals surface area contributed by atoms with Gasteiger partial charge in [0.05, 0.1) is 12.1 Å². The lowest BCUT2D eigenvalue weighted by molar-refractivity contribution is -0.137. The molecule has 1 amide bonds. The van der Waals surface area contributed by atoms with Crippen molar-refractivity contribution >= 4 is 5.91 Å². The van der Waals surface area contributed by atoms with Crippen molar-refractivity contribution in [3.63, 3.8) is 0 Å². The molecule has 1 aliphatic rings. The van der Waals surface area contributed by atoms with Crippen LogP contribution in [0.2, 0.25) is 0 Å². The Morgan fingerprint density at radius 2 is 1.86 bits per heavy atom. The molecule has 118 valence electrons. The molecule has 22 heavy (non-hydrogen) atoms. The molecule has 0 aromatic heterocycles. The molecule has 1 aromatic rings. The highest BCUT2D eigenvalue weighted by Crippen LogP contribution is 2.31. The zero-order valence-corrected chi connectivity index (χ0v) is 12.2. The predicted molar refractivity (Wildman–Crippen MR) is 77.9 cm³/mol. The Labute approximate surface area is 128 Å². The summed E-state index contributed by atoms with van der Waals surface area (Å²) in [6, 6.07) is 5.18. The van der Waals surface area contributed by atoms with E-state index in [9.17, 15) is 18.0 Å². The third-order valence-electron chi connectivity index (χ3n) is 3.78. The van der Waals surface area contributed by atoms with Crippen molar-refractivity contribution in [2.45, 2.75) is 38.3 Å². The van der Waals surface area contributed by atoms with Gasteiger partial charge in [0.25, 0.3) is 0 Å². The van der Waals surface area contributed by atoms with Gasteiger partial charge < -0.3 is 5.32 Å². The maximum Gasteiger partial charge on any atom is 0.417 e. The number of halogens is 3. The van der Waals surface area contributed by atoms with E-state index in [2.05, 4.69) is 17.2 Å². The Kier molecular flexibility index (Phi) is 5.48. The molecule has 1 saturated carbocycles. The first kappa shape index (κ1) is 16.4. The number of alkyl halides is 3. The molecule has 0 atom stereocenters. The van der Waals surface area contributed by atoms with E-state index >= 15 is 0 Å². The van der Waals surface area contributed by atoms with Crippen LogP contribution >= 0.6 is 0 Å². The minimum atomic E-state index is -4.42. The monoisotopic (exact) mass is 309 g/mol. The average molecular weight is 309 g/mol. The molecule has 0 bridgehead atoms. The minimum Gasteiger partial charge on any atom is -0.345 e. The van der Waals surface area contributed by atoms with Gasteiger partial charge in [-0.3, -0.25) is 4.79 Å². The molecule has 0 unspecified atom stereocenters. The molecular weight excluding hydrogens is 291 g/mol. The number of rotatable bonds is 2. The third kappa shape index (κ3) is 4.52. The van der Waals surface area contributed by atoms with E-state index in [1.54, 1.807) is 0 Å². The van der Waals surface area contributed by atoms with Crippen LogP contribution in [0.1, 0.15) is 43.2 Å². The van der Waals surface area contributed by atoms with Crippen LogP contribution in [0.3, 0.4) is 0 Å². The van der Waals surface area contributed by atoms with E-state index in [-0.39, 0.29) is 23.9 Å². The van der Waals surface area contributed by atoms with Crippen LogP contribution < -0.4 is 5.32 Å². The molecule has 0 aliphatic heterocycles. The average Bonchev–Trinajstić information content (AvgIpc) is 2.51. The van der Waals surface area contributed by atoms with Gasteiger partial charge in [-0.25, -0.2) is 0 Å². The fourth-order valence-electron chi connectivity index (χ4n) is 2.62. The van der Waals surface area contributed by atoms with Gasteiger partial charge in [0.1, 0.15) is 0 Å². The first-order valence-corrected chi connectivity index (χ1v) is 7.41.